The molecule has 128 valence electrons. The van der Waals surface area contributed by atoms with Gasteiger partial charge in [-0.25, -0.2) is 0 Å². The van der Waals surface area contributed by atoms with Crippen molar-refractivity contribution in [1.29, 1.82) is 0 Å². The minimum absolute atomic E-state index is 0.941. The van der Waals surface area contributed by atoms with E-state index in [1.54, 1.807) is 0 Å². The molecule has 0 radical (unpaired) electrons. The van der Waals surface area contributed by atoms with Crippen LogP contribution in [0.5, 0.6) is 0 Å². The normalized spacial score (nSPS) is 12.1. The van der Waals surface area contributed by atoms with Gasteiger partial charge in [0.05, 0.1) is 0 Å². The van der Waals surface area contributed by atoms with Gasteiger partial charge in [0.2, 0.25) is 0 Å². The van der Waals surface area contributed by atoms with Crippen molar-refractivity contribution < 1.29 is 4.42 Å². The van der Waals surface area contributed by atoms with Gasteiger partial charge in [0.25, 0.3) is 0 Å². The van der Waals surface area contributed by atoms with Crippen molar-refractivity contribution in [2.75, 3.05) is 0 Å². The number of fused-ring (bicyclic) bond motifs is 1. The van der Waals surface area contributed by atoms with Crippen LogP contribution in [0.3, 0.4) is 0 Å². The quantitative estimate of drug-likeness (QED) is 0.344. The van der Waals surface area contributed by atoms with Crippen LogP contribution in [0, 0.1) is 0 Å². The second-order valence-corrected chi connectivity index (χ2v) is 25.7. The van der Waals surface area contributed by atoms with Gasteiger partial charge >= 0.3 is 149 Å². The summed E-state index contributed by atoms with van der Waals surface area (Å²) >= 11 is -2.27. The van der Waals surface area contributed by atoms with Gasteiger partial charge in [0, 0.05) is 0 Å². The van der Waals surface area contributed by atoms with Gasteiger partial charge in [-0.3, -0.25) is 0 Å². The molecular formula is C19H31NOSSn. The first kappa shape index (κ1) is 19.2. The summed E-state index contributed by atoms with van der Waals surface area (Å²) in [7, 11) is 2.11. The van der Waals surface area contributed by atoms with Crippen LogP contribution in [0.25, 0.3) is 11.1 Å². The Morgan fingerprint density at radius 2 is 1.48 bits per heavy atom. The molecule has 0 amide bonds. The number of nitrogens with zero attached hydrogens (tertiary/aromatic N) is 1. The van der Waals surface area contributed by atoms with Crippen LogP contribution >= 0.6 is 8.95 Å². The molecule has 0 N–H and O–H groups in total. The van der Waals surface area contributed by atoms with Gasteiger partial charge in [-0.05, 0) is 0 Å². The van der Waals surface area contributed by atoms with Gasteiger partial charge in [-0.15, -0.1) is 0 Å². The van der Waals surface area contributed by atoms with Crippen molar-refractivity contribution in [3.05, 3.63) is 24.3 Å². The monoisotopic (exact) mass is 441 g/mol. The molecule has 0 aliphatic heterocycles. The SMILES string of the molecule is CCC[CH2][Sn]([CH2]CCC)([CH2]CCC)[S]c1nc2ccccc2o1. The molecule has 1 heterocycles. The Hall–Kier alpha value is -0.161. The zero-order chi connectivity index (χ0) is 16.5. The Kier molecular flexibility index (Phi) is 8.31. The molecule has 0 spiro atoms. The first-order valence-electron chi connectivity index (χ1n) is 9.27. The molecule has 2 rings (SSSR count). The van der Waals surface area contributed by atoms with Crippen molar-refractivity contribution in [3.63, 3.8) is 0 Å². The fourth-order valence-electron chi connectivity index (χ4n) is 3.10. The van der Waals surface area contributed by atoms with Gasteiger partial charge in [0.15, 0.2) is 0 Å². The summed E-state index contributed by atoms with van der Waals surface area (Å²) < 4.78 is 10.5. The van der Waals surface area contributed by atoms with Gasteiger partial charge in [0.1, 0.15) is 0 Å². The van der Waals surface area contributed by atoms with Crippen LogP contribution in [-0.2, 0) is 0 Å². The minimum atomic E-state index is -2.27. The Balaban J connectivity index is 2.21. The molecular weight excluding hydrogens is 409 g/mol. The Bertz CT molecular complexity index is 529. The van der Waals surface area contributed by atoms with Crippen molar-refractivity contribution in [1.82, 2.24) is 4.98 Å². The molecule has 0 saturated carbocycles. The summed E-state index contributed by atoms with van der Waals surface area (Å²) in [5, 5.41) is 0.949. The summed E-state index contributed by atoms with van der Waals surface area (Å²) in [6.45, 7) is 6.96. The van der Waals surface area contributed by atoms with Crippen LogP contribution in [0.1, 0.15) is 59.3 Å². The number of oxazole rings is 1. The molecule has 0 saturated heterocycles. The first-order chi connectivity index (χ1) is 11.2. The maximum absolute atomic E-state index is 6.07. The number of unbranched alkanes of at least 4 members (excludes halogenated alkanes) is 3. The molecule has 2 nitrogen and oxygen atoms in total. The van der Waals surface area contributed by atoms with Crippen molar-refractivity contribution in [2.45, 2.75) is 77.8 Å². The number of hydrogen-bond acceptors (Lipinski definition) is 3. The molecule has 4 heteroatoms. The molecule has 0 aliphatic rings. The van der Waals surface area contributed by atoms with E-state index in [1.807, 2.05) is 18.2 Å². The van der Waals surface area contributed by atoms with E-state index in [9.17, 15) is 0 Å². The number of benzene rings is 1. The summed E-state index contributed by atoms with van der Waals surface area (Å²) in [6, 6.07) is 8.17. The number of para-hydroxylation sites is 2. The zero-order valence-electron chi connectivity index (χ0n) is 14.9. The van der Waals surface area contributed by atoms with Crippen LogP contribution < -0.4 is 0 Å². The molecule has 0 fully saturated rings. The Morgan fingerprint density at radius 1 is 0.913 bits per heavy atom. The van der Waals surface area contributed by atoms with E-state index in [0.29, 0.717) is 0 Å². The average Bonchev–Trinajstić information content (AvgIpc) is 2.98. The second kappa shape index (κ2) is 9.97. The molecule has 0 bridgehead atoms. The number of rotatable bonds is 11. The van der Waals surface area contributed by atoms with Gasteiger partial charge in [-0.2, -0.15) is 0 Å². The fourth-order valence-corrected chi connectivity index (χ4v) is 24.2. The van der Waals surface area contributed by atoms with Crippen LogP contribution in [0.4, 0.5) is 0 Å². The third-order valence-electron chi connectivity index (χ3n) is 4.54. The third-order valence-corrected chi connectivity index (χ3v) is 25.5. The predicted molar refractivity (Wildman–Crippen MR) is 105 cm³/mol. The summed E-state index contributed by atoms with van der Waals surface area (Å²) in [5.74, 6) is 0. The molecule has 2 aromatic rings. The fraction of sp³-hybridized carbons (Fsp3) is 0.632. The molecule has 0 aliphatic carbocycles. The van der Waals surface area contributed by atoms with Crippen LogP contribution in [0.2, 0.25) is 13.3 Å². The van der Waals surface area contributed by atoms with Crippen molar-refractivity contribution in [3.8, 4) is 0 Å². The molecule has 0 atom stereocenters. The Labute approximate surface area is 148 Å². The second-order valence-electron chi connectivity index (χ2n) is 6.54. The molecule has 1 aromatic heterocycles. The van der Waals surface area contributed by atoms with E-state index < -0.39 is 17.0 Å². The van der Waals surface area contributed by atoms with Crippen LogP contribution in [0.15, 0.2) is 33.9 Å². The molecule has 1 aromatic carbocycles. The standard InChI is InChI=1S/C7H5NOS.3C4H9.Sn/c10-7-8-5-3-1-2-4-6(5)9-7;3*1-3-4-2;/h1-4H,(H,8,10);3*1,3-4H2,2H3;/q;;;;+1/p-1. The van der Waals surface area contributed by atoms with E-state index in [0.717, 1.165) is 16.3 Å². The van der Waals surface area contributed by atoms with Gasteiger partial charge < -0.3 is 0 Å². The van der Waals surface area contributed by atoms with E-state index in [4.69, 9.17) is 9.40 Å². The summed E-state index contributed by atoms with van der Waals surface area (Å²) in [4.78, 5) is 4.77. The maximum atomic E-state index is 6.07. The first-order valence-corrected chi connectivity index (χ1v) is 19.6. The van der Waals surface area contributed by atoms with E-state index in [2.05, 4.69) is 35.8 Å². The summed E-state index contributed by atoms with van der Waals surface area (Å²) in [5.41, 5.74) is 1.95. The average molecular weight is 440 g/mol. The molecule has 23 heavy (non-hydrogen) atoms. The van der Waals surface area contributed by atoms with Crippen molar-refractivity contribution in [2.24, 2.45) is 0 Å². The van der Waals surface area contributed by atoms with E-state index in [-0.39, 0.29) is 0 Å². The topological polar surface area (TPSA) is 26.0 Å². The number of aromatic nitrogens is 1. The summed E-state index contributed by atoms with van der Waals surface area (Å²) in [6.07, 6.45) is 8.09. The zero-order valence-corrected chi connectivity index (χ0v) is 18.6. The Morgan fingerprint density at radius 3 is 2.00 bits per heavy atom. The van der Waals surface area contributed by atoms with E-state index in [1.165, 1.54) is 51.8 Å². The van der Waals surface area contributed by atoms with E-state index >= 15 is 0 Å². The van der Waals surface area contributed by atoms with Crippen molar-refractivity contribution >= 4 is 37.0 Å². The molecule has 0 unspecified atom stereocenters. The third kappa shape index (κ3) is 5.70. The number of hydrogen-bond donors (Lipinski definition) is 0. The predicted octanol–water partition coefficient (Wildman–Crippen LogP) is 7.27. The van der Waals surface area contributed by atoms with Gasteiger partial charge in [-0.1, -0.05) is 0 Å². The van der Waals surface area contributed by atoms with Crippen LogP contribution in [-0.4, -0.2) is 22.0 Å².